The number of hydrogen-bond acceptors (Lipinski definition) is 1. The molecule has 0 fully saturated rings. The van der Waals surface area contributed by atoms with E-state index in [0.717, 1.165) is 11.4 Å². The second kappa shape index (κ2) is 5.96. The molecule has 0 saturated heterocycles. The standard InChI is InChI=1S/C16H13N2.Ir/c1-18-12-11-17-16(18)15-9-7-14(8-10-15)13-5-3-2-4-6-13;/h2-9,11-12H,1H3;/q-1;. The van der Waals surface area contributed by atoms with Gasteiger partial charge in [-0.2, -0.15) is 0 Å². The maximum atomic E-state index is 4.32. The Morgan fingerprint density at radius 2 is 1.79 bits per heavy atom. The molecule has 3 aromatic rings. The molecular formula is C16H13IrN2-. The van der Waals surface area contributed by atoms with Gasteiger partial charge in [0.15, 0.2) is 0 Å². The van der Waals surface area contributed by atoms with Gasteiger partial charge in [0.1, 0.15) is 0 Å². The Hall–Kier alpha value is -1.70. The van der Waals surface area contributed by atoms with Crippen molar-refractivity contribution >= 4 is 0 Å². The molecule has 0 aliphatic heterocycles. The average molecular weight is 426 g/mol. The van der Waals surface area contributed by atoms with Crippen LogP contribution >= 0.6 is 0 Å². The molecule has 0 unspecified atom stereocenters. The molecule has 1 aromatic heterocycles. The zero-order chi connectivity index (χ0) is 12.4. The van der Waals surface area contributed by atoms with Crippen molar-refractivity contribution < 1.29 is 20.1 Å². The van der Waals surface area contributed by atoms with E-state index in [1.165, 1.54) is 11.1 Å². The third-order valence-corrected chi connectivity index (χ3v) is 2.98. The van der Waals surface area contributed by atoms with Crippen LogP contribution in [0.15, 0.2) is 60.9 Å². The summed E-state index contributed by atoms with van der Waals surface area (Å²) in [5.74, 6) is 0.939. The van der Waals surface area contributed by atoms with Crippen molar-refractivity contribution in [3.8, 4) is 22.5 Å². The quantitative estimate of drug-likeness (QED) is 0.575. The minimum atomic E-state index is 0. The van der Waals surface area contributed by atoms with E-state index in [1.54, 1.807) is 6.20 Å². The molecule has 1 heterocycles. The predicted molar refractivity (Wildman–Crippen MR) is 72.9 cm³/mol. The number of aryl methyl sites for hydroxylation is 1. The number of rotatable bonds is 2. The van der Waals surface area contributed by atoms with Crippen LogP contribution in [0.4, 0.5) is 0 Å². The van der Waals surface area contributed by atoms with E-state index in [9.17, 15) is 0 Å². The summed E-state index contributed by atoms with van der Waals surface area (Å²) in [7, 11) is 1.99. The number of nitrogens with zero attached hydrogens (tertiary/aromatic N) is 2. The zero-order valence-electron chi connectivity index (χ0n) is 10.5. The molecule has 0 spiro atoms. The first kappa shape index (κ1) is 13.7. The molecule has 0 bridgehead atoms. The third-order valence-electron chi connectivity index (χ3n) is 2.98. The fourth-order valence-corrected chi connectivity index (χ4v) is 2.00. The summed E-state index contributed by atoms with van der Waals surface area (Å²) in [6.07, 6.45) is 3.74. The van der Waals surface area contributed by atoms with E-state index in [1.807, 2.05) is 42.1 Å². The van der Waals surface area contributed by atoms with Crippen LogP contribution in [0.1, 0.15) is 0 Å². The van der Waals surface area contributed by atoms with Crippen molar-refractivity contribution in [3.63, 3.8) is 0 Å². The van der Waals surface area contributed by atoms with Crippen molar-refractivity contribution in [2.45, 2.75) is 0 Å². The summed E-state index contributed by atoms with van der Waals surface area (Å²) in [4.78, 5) is 4.32. The molecule has 2 aromatic carbocycles. The molecule has 3 rings (SSSR count). The van der Waals surface area contributed by atoms with Crippen molar-refractivity contribution in [3.05, 3.63) is 67.0 Å². The van der Waals surface area contributed by atoms with Crippen LogP contribution in [0.5, 0.6) is 0 Å². The molecule has 0 aliphatic carbocycles. The van der Waals surface area contributed by atoms with Gasteiger partial charge in [-0.25, -0.2) is 0 Å². The van der Waals surface area contributed by atoms with Crippen LogP contribution in [0.2, 0.25) is 0 Å². The van der Waals surface area contributed by atoms with Gasteiger partial charge in [0.05, 0.1) is 5.82 Å². The second-order valence-electron chi connectivity index (χ2n) is 4.22. The smallest absolute Gasteiger partial charge is 0.0555 e. The summed E-state index contributed by atoms with van der Waals surface area (Å²) in [6, 6.07) is 19.8. The summed E-state index contributed by atoms with van der Waals surface area (Å²) in [5, 5.41) is 0. The fourth-order valence-electron chi connectivity index (χ4n) is 2.00. The van der Waals surface area contributed by atoms with Gasteiger partial charge < -0.3 is 4.57 Å². The van der Waals surface area contributed by atoms with Gasteiger partial charge in [0, 0.05) is 39.5 Å². The first-order valence-electron chi connectivity index (χ1n) is 5.89. The Morgan fingerprint density at radius 3 is 2.37 bits per heavy atom. The van der Waals surface area contributed by atoms with Gasteiger partial charge in [-0.15, -0.1) is 29.8 Å². The van der Waals surface area contributed by atoms with E-state index in [0.29, 0.717) is 0 Å². The van der Waals surface area contributed by atoms with Crippen LogP contribution < -0.4 is 0 Å². The average Bonchev–Trinajstić information content (AvgIpc) is 2.86. The number of hydrogen-bond donors (Lipinski definition) is 0. The molecule has 0 atom stereocenters. The van der Waals surface area contributed by atoms with E-state index in [4.69, 9.17) is 0 Å². The summed E-state index contributed by atoms with van der Waals surface area (Å²) in [5.41, 5.74) is 3.40. The van der Waals surface area contributed by atoms with Crippen LogP contribution in [-0.4, -0.2) is 9.55 Å². The molecule has 2 nitrogen and oxygen atoms in total. The Morgan fingerprint density at radius 1 is 1.00 bits per heavy atom. The normalized spacial score (nSPS) is 9.95. The first-order valence-corrected chi connectivity index (χ1v) is 5.89. The second-order valence-corrected chi connectivity index (χ2v) is 4.22. The Bertz CT molecular complexity index is 642. The molecular weight excluding hydrogens is 412 g/mol. The fraction of sp³-hybridized carbons (Fsp3) is 0.0625. The minimum absolute atomic E-state index is 0. The maximum absolute atomic E-state index is 4.32. The number of aromatic nitrogens is 2. The van der Waals surface area contributed by atoms with Gasteiger partial charge in [-0.3, -0.25) is 4.98 Å². The van der Waals surface area contributed by atoms with Crippen LogP contribution in [0.25, 0.3) is 22.5 Å². The first-order chi connectivity index (χ1) is 8.84. The van der Waals surface area contributed by atoms with Gasteiger partial charge in [-0.05, 0) is 0 Å². The third kappa shape index (κ3) is 2.83. The van der Waals surface area contributed by atoms with Crippen molar-refractivity contribution in [1.82, 2.24) is 9.55 Å². The molecule has 0 saturated carbocycles. The Labute approximate surface area is 126 Å². The van der Waals surface area contributed by atoms with Crippen molar-refractivity contribution in [1.29, 1.82) is 0 Å². The molecule has 97 valence electrons. The van der Waals surface area contributed by atoms with Crippen molar-refractivity contribution in [2.75, 3.05) is 0 Å². The molecule has 1 radical (unpaired) electrons. The number of benzene rings is 2. The molecule has 3 heteroatoms. The van der Waals surface area contributed by atoms with E-state index < -0.39 is 0 Å². The topological polar surface area (TPSA) is 17.8 Å². The summed E-state index contributed by atoms with van der Waals surface area (Å²) >= 11 is 0. The van der Waals surface area contributed by atoms with Crippen LogP contribution in [-0.2, 0) is 27.2 Å². The Balaban J connectivity index is 0.00000133. The minimum Gasteiger partial charge on any atom is -0.373 e. The maximum Gasteiger partial charge on any atom is 0.0555 e. The largest absolute Gasteiger partial charge is 0.373 e. The monoisotopic (exact) mass is 426 g/mol. The SMILES string of the molecule is Cn1ccnc1-c1[c-]cc(-c2ccccc2)cc1.[Ir]. The molecule has 0 N–H and O–H groups in total. The van der Waals surface area contributed by atoms with Gasteiger partial charge >= 0.3 is 0 Å². The van der Waals surface area contributed by atoms with Gasteiger partial charge in [0.2, 0.25) is 0 Å². The van der Waals surface area contributed by atoms with Gasteiger partial charge in [-0.1, -0.05) is 41.5 Å². The van der Waals surface area contributed by atoms with Crippen molar-refractivity contribution in [2.24, 2.45) is 7.05 Å². The Kier molecular flexibility index (Phi) is 4.31. The summed E-state index contributed by atoms with van der Waals surface area (Å²) in [6.45, 7) is 0. The zero-order valence-corrected chi connectivity index (χ0v) is 12.9. The molecule has 0 aliphatic rings. The van der Waals surface area contributed by atoms with Gasteiger partial charge in [0.25, 0.3) is 0 Å². The van der Waals surface area contributed by atoms with E-state index in [2.05, 4.69) is 35.3 Å². The summed E-state index contributed by atoms with van der Waals surface area (Å²) < 4.78 is 1.99. The predicted octanol–water partition coefficient (Wildman–Crippen LogP) is 3.55. The molecule has 19 heavy (non-hydrogen) atoms. The van der Waals surface area contributed by atoms with Crippen LogP contribution in [0, 0.1) is 6.07 Å². The van der Waals surface area contributed by atoms with E-state index in [-0.39, 0.29) is 20.1 Å². The molecule has 0 amide bonds. The number of imidazole rings is 1. The van der Waals surface area contributed by atoms with E-state index >= 15 is 0 Å². The van der Waals surface area contributed by atoms with Crippen LogP contribution in [0.3, 0.4) is 0 Å².